The summed E-state index contributed by atoms with van der Waals surface area (Å²) in [5, 5.41) is 0. The standard InChI is InChI=1S/C12H16O/c1-5-6-11-9(2)7-10(13)8-12(11,3)4/h6H,1,7-8H2,2-4H3. The molecule has 0 radical (unpaired) electrons. The van der Waals surface area contributed by atoms with Gasteiger partial charge in [-0.25, -0.2) is 0 Å². The summed E-state index contributed by atoms with van der Waals surface area (Å²) < 4.78 is 0. The first kappa shape index (κ1) is 10.0. The van der Waals surface area contributed by atoms with E-state index in [0.29, 0.717) is 18.6 Å². The summed E-state index contributed by atoms with van der Waals surface area (Å²) >= 11 is 0. The lowest BCUT2D eigenvalue weighted by Crippen LogP contribution is -2.25. The molecule has 0 aromatic heterocycles. The zero-order valence-corrected chi connectivity index (χ0v) is 8.61. The SMILES string of the molecule is C=C=CC1=C(C)CC(=O)CC1(C)C. The van der Waals surface area contributed by atoms with Crippen LogP contribution in [0.15, 0.2) is 29.5 Å². The number of allylic oxidation sites excluding steroid dienone is 3. The van der Waals surface area contributed by atoms with Crippen LogP contribution in [0, 0.1) is 5.41 Å². The molecule has 0 amide bonds. The maximum atomic E-state index is 11.4. The molecule has 1 nitrogen and oxygen atoms in total. The molecule has 0 atom stereocenters. The molecule has 0 saturated heterocycles. The molecule has 1 rings (SSSR count). The van der Waals surface area contributed by atoms with Crippen LogP contribution in [0.2, 0.25) is 0 Å². The normalized spacial score (nSPS) is 21.3. The van der Waals surface area contributed by atoms with E-state index in [1.807, 2.05) is 13.0 Å². The van der Waals surface area contributed by atoms with E-state index >= 15 is 0 Å². The van der Waals surface area contributed by atoms with Crippen LogP contribution in [0.4, 0.5) is 0 Å². The van der Waals surface area contributed by atoms with E-state index in [-0.39, 0.29) is 5.41 Å². The first-order chi connectivity index (χ1) is 5.97. The van der Waals surface area contributed by atoms with Gasteiger partial charge in [0.15, 0.2) is 0 Å². The Labute approximate surface area is 79.8 Å². The molecule has 0 unspecified atom stereocenters. The van der Waals surface area contributed by atoms with E-state index in [4.69, 9.17) is 0 Å². The average molecular weight is 176 g/mol. The number of hydrogen-bond donors (Lipinski definition) is 0. The van der Waals surface area contributed by atoms with Crippen molar-refractivity contribution < 1.29 is 4.79 Å². The van der Waals surface area contributed by atoms with Gasteiger partial charge in [0, 0.05) is 12.8 Å². The molecule has 1 heteroatoms. The Morgan fingerprint density at radius 3 is 2.62 bits per heavy atom. The average Bonchev–Trinajstić information content (AvgIpc) is 1.95. The molecule has 0 spiro atoms. The summed E-state index contributed by atoms with van der Waals surface area (Å²) in [6, 6.07) is 0. The molecule has 0 aliphatic heterocycles. The van der Waals surface area contributed by atoms with Crippen LogP contribution >= 0.6 is 0 Å². The second kappa shape index (κ2) is 3.35. The van der Waals surface area contributed by atoms with Crippen LogP contribution in [-0.2, 0) is 4.79 Å². The summed E-state index contributed by atoms with van der Waals surface area (Å²) in [5.74, 6) is 0.337. The number of rotatable bonds is 1. The second-order valence-corrected chi connectivity index (χ2v) is 4.32. The number of ketones is 1. The fourth-order valence-electron chi connectivity index (χ4n) is 2.04. The molecule has 1 aliphatic rings. The Morgan fingerprint density at radius 1 is 1.54 bits per heavy atom. The van der Waals surface area contributed by atoms with Crippen LogP contribution in [0.5, 0.6) is 0 Å². The van der Waals surface area contributed by atoms with Gasteiger partial charge in [-0.05, 0) is 24.0 Å². The van der Waals surface area contributed by atoms with E-state index in [2.05, 4.69) is 26.2 Å². The topological polar surface area (TPSA) is 17.1 Å². The van der Waals surface area contributed by atoms with Crippen LogP contribution in [0.25, 0.3) is 0 Å². The number of carbonyl (C=O) groups excluding carboxylic acids is 1. The third-order valence-electron chi connectivity index (χ3n) is 2.54. The van der Waals surface area contributed by atoms with Crippen molar-refractivity contribution in [2.45, 2.75) is 33.6 Å². The van der Waals surface area contributed by atoms with Crippen molar-refractivity contribution in [3.63, 3.8) is 0 Å². The lowest BCUT2D eigenvalue weighted by atomic mass is 9.72. The lowest BCUT2D eigenvalue weighted by Gasteiger charge is -2.31. The minimum Gasteiger partial charge on any atom is -0.299 e. The molecular weight excluding hydrogens is 160 g/mol. The van der Waals surface area contributed by atoms with Gasteiger partial charge >= 0.3 is 0 Å². The monoisotopic (exact) mass is 176 g/mol. The second-order valence-electron chi connectivity index (χ2n) is 4.32. The van der Waals surface area contributed by atoms with Crippen LogP contribution in [0.3, 0.4) is 0 Å². The predicted molar refractivity (Wildman–Crippen MR) is 54.4 cm³/mol. The van der Waals surface area contributed by atoms with Gasteiger partial charge in [0.2, 0.25) is 0 Å². The highest BCUT2D eigenvalue weighted by Gasteiger charge is 2.30. The third-order valence-corrected chi connectivity index (χ3v) is 2.54. The Balaban J connectivity index is 3.18. The maximum Gasteiger partial charge on any atom is 0.137 e. The predicted octanol–water partition coefficient (Wildman–Crippen LogP) is 3.03. The van der Waals surface area contributed by atoms with Crippen molar-refractivity contribution in [2.75, 3.05) is 0 Å². The van der Waals surface area contributed by atoms with Gasteiger partial charge in [-0.3, -0.25) is 4.79 Å². The van der Waals surface area contributed by atoms with E-state index in [1.54, 1.807) is 0 Å². The van der Waals surface area contributed by atoms with Crippen molar-refractivity contribution in [3.8, 4) is 0 Å². The molecule has 0 fully saturated rings. The summed E-state index contributed by atoms with van der Waals surface area (Å²) in [5.41, 5.74) is 5.14. The highest BCUT2D eigenvalue weighted by Crippen LogP contribution is 2.38. The van der Waals surface area contributed by atoms with Gasteiger partial charge in [0.25, 0.3) is 0 Å². The number of hydrogen-bond acceptors (Lipinski definition) is 1. The summed E-state index contributed by atoms with van der Waals surface area (Å²) in [6.45, 7) is 9.78. The molecule has 0 N–H and O–H groups in total. The Hall–Kier alpha value is -1.07. The molecular formula is C12H16O. The van der Waals surface area contributed by atoms with Crippen LogP contribution in [-0.4, -0.2) is 5.78 Å². The number of carbonyl (C=O) groups is 1. The lowest BCUT2D eigenvalue weighted by molar-refractivity contribution is -0.120. The quantitative estimate of drug-likeness (QED) is 0.561. The largest absolute Gasteiger partial charge is 0.299 e. The molecule has 0 aromatic rings. The molecule has 1 aliphatic carbocycles. The third kappa shape index (κ3) is 1.99. The fourth-order valence-corrected chi connectivity index (χ4v) is 2.04. The van der Waals surface area contributed by atoms with E-state index in [9.17, 15) is 4.79 Å². The van der Waals surface area contributed by atoms with Gasteiger partial charge in [-0.1, -0.05) is 26.0 Å². The first-order valence-electron chi connectivity index (χ1n) is 4.55. The van der Waals surface area contributed by atoms with E-state index in [0.717, 1.165) is 5.57 Å². The Morgan fingerprint density at radius 2 is 2.15 bits per heavy atom. The van der Waals surface area contributed by atoms with Gasteiger partial charge in [-0.2, -0.15) is 0 Å². The molecule has 0 bridgehead atoms. The van der Waals surface area contributed by atoms with Crippen molar-refractivity contribution >= 4 is 5.78 Å². The summed E-state index contributed by atoms with van der Waals surface area (Å²) in [7, 11) is 0. The van der Waals surface area contributed by atoms with Gasteiger partial charge in [-0.15, -0.1) is 5.73 Å². The molecule has 70 valence electrons. The molecule has 0 aromatic carbocycles. The van der Waals surface area contributed by atoms with Crippen molar-refractivity contribution in [2.24, 2.45) is 5.41 Å². The summed E-state index contributed by atoms with van der Waals surface area (Å²) in [4.78, 5) is 11.4. The highest BCUT2D eigenvalue weighted by atomic mass is 16.1. The smallest absolute Gasteiger partial charge is 0.137 e. The Kier molecular flexibility index (Phi) is 2.58. The Bertz CT molecular complexity index is 312. The molecule has 0 saturated carbocycles. The van der Waals surface area contributed by atoms with Gasteiger partial charge < -0.3 is 0 Å². The zero-order chi connectivity index (χ0) is 10.1. The summed E-state index contributed by atoms with van der Waals surface area (Å²) in [6.07, 6.45) is 3.14. The van der Waals surface area contributed by atoms with Crippen molar-refractivity contribution in [1.82, 2.24) is 0 Å². The maximum absolute atomic E-state index is 11.4. The molecule has 13 heavy (non-hydrogen) atoms. The zero-order valence-electron chi connectivity index (χ0n) is 8.61. The minimum absolute atomic E-state index is 0.0376. The van der Waals surface area contributed by atoms with Crippen molar-refractivity contribution in [1.29, 1.82) is 0 Å². The van der Waals surface area contributed by atoms with E-state index < -0.39 is 0 Å². The molecule has 0 heterocycles. The van der Waals surface area contributed by atoms with Crippen LogP contribution in [0.1, 0.15) is 33.6 Å². The van der Waals surface area contributed by atoms with E-state index in [1.165, 1.54) is 5.57 Å². The van der Waals surface area contributed by atoms with Gasteiger partial charge in [0.1, 0.15) is 5.78 Å². The fraction of sp³-hybridized carbons (Fsp3) is 0.500. The van der Waals surface area contributed by atoms with Crippen molar-refractivity contribution in [3.05, 3.63) is 29.5 Å². The number of Topliss-reactive ketones (excluding diaryl/α,β-unsaturated/α-hetero) is 1. The van der Waals surface area contributed by atoms with Gasteiger partial charge in [0.05, 0.1) is 0 Å². The minimum atomic E-state index is -0.0376. The first-order valence-corrected chi connectivity index (χ1v) is 4.55. The van der Waals surface area contributed by atoms with Crippen LogP contribution < -0.4 is 0 Å². The highest BCUT2D eigenvalue weighted by molar-refractivity contribution is 5.84.